The van der Waals surface area contributed by atoms with Gasteiger partial charge in [0.25, 0.3) is 5.91 Å². The highest BCUT2D eigenvalue weighted by Crippen LogP contribution is 2.19. The lowest BCUT2D eigenvalue weighted by molar-refractivity contribution is 0.0951. The summed E-state index contributed by atoms with van der Waals surface area (Å²) in [6, 6.07) is 25.6. The van der Waals surface area contributed by atoms with Crippen LogP contribution in [0.3, 0.4) is 0 Å². The van der Waals surface area contributed by atoms with E-state index in [9.17, 15) is 4.79 Å². The SMILES string of the molecule is CN(C)CCOc1ccc(CNC(=O)c2ccc(-c3ccccc3)cc2)cc1. The van der Waals surface area contributed by atoms with Crippen LogP contribution in [0.25, 0.3) is 11.1 Å². The number of likely N-dealkylation sites (N-methyl/N-ethyl adjacent to an activating group) is 1. The van der Waals surface area contributed by atoms with E-state index in [0.717, 1.165) is 29.0 Å². The molecule has 1 amide bonds. The number of amides is 1. The van der Waals surface area contributed by atoms with Gasteiger partial charge in [-0.25, -0.2) is 0 Å². The fourth-order valence-electron chi connectivity index (χ4n) is 2.78. The molecule has 0 aromatic heterocycles. The number of hydrogen-bond acceptors (Lipinski definition) is 3. The van der Waals surface area contributed by atoms with E-state index >= 15 is 0 Å². The number of ether oxygens (including phenoxy) is 1. The summed E-state index contributed by atoms with van der Waals surface area (Å²) in [5, 5.41) is 2.97. The summed E-state index contributed by atoms with van der Waals surface area (Å²) in [4.78, 5) is 14.5. The number of rotatable bonds is 8. The molecule has 0 aliphatic heterocycles. The third kappa shape index (κ3) is 5.69. The number of nitrogens with zero attached hydrogens (tertiary/aromatic N) is 1. The van der Waals surface area contributed by atoms with Gasteiger partial charge in [0.2, 0.25) is 0 Å². The summed E-state index contributed by atoms with van der Waals surface area (Å²) in [6.45, 7) is 2.01. The van der Waals surface area contributed by atoms with E-state index in [4.69, 9.17) is 4.74 Å². The quantitative estimate of drug-likeness (QED) is 0.642. The second-order valence-electron chi connectivity index (χ2n) is 6.92. The van der Waals surface area contributed by atoms with E-state index < -0.39 is 0 Å². The van der Waals surface area contributed by atoms with Crippen molar-refractivity contribution in [3.8, 4) is 16.9 Å². The number of benzene rings is 3. The zero-order valence-electron chi connectivity index (χ0n) is 16.4. The Morgan fingerprint density at radius 2 is 1.50 bits per heavy atom. The number of hydrogen-bond donors (Lipinski definition) is 1. The Balaban J connectivity index is 1.51. The second kappa shape index (κ2) is 9.72. The van der Waals surface area contributed by atoms with E-state index in [1.807, 2.05) is 80.8 Å². The van der Waals surface area contributed by atoms with Crippen molar-refractivity contribution in [3.05, 3.63) is 90.0 Å². The Kier molecular flexibility index (Phi) is 6.82. The first-order chi connectivity index (χ1) is 13.6. The van der Waals surface area contributed by atoms with Crippen LogP contribution in [0.1, 0.15) is 15.9 Å². The summed E-state index contributed by atoms with van der Waals surface area (Å²) in [5.41, 5.74) is 3.93. The van der Waals surface area contributed by atoms with Crippen LogP contribution >= 0.6 is 0 Å². The van der Waals surface area contributed by atoms with E-state index in [-0.39, 0.29) is 5.91 Å². The van der Waals surface area contributed by atoms with E-state index in [1.165, 1.54) is 0 Å². The van der Waals surface area contributed by atoms with Crippen molar-refractivity contribution in [3.63, 3.8) is 0 Å². The first-order valence-electron chi connectivity index (χ1n) is 9.42. The molecular formula is C24H26N2O2. The highest BCUT2D eigenvalue weighted by molar-refractivity contribution is 5.94. The van der Waals surface area contributed by atoms with Crippen LogP contribution in [-0.2, 0) is 6.54 Å². The third-order valence-electron chi connectivity index (χ3n) is 4.44. The van der Waals surface area contributed by atoms with Gasteiger partial charge in [-0.3, -0.25) is 4.79 Å². The Morgan fingerprint density at radius 1 is 0.857 bits per heavy atom. The van der Waals surface area contributed by atoms with Crippen LogP contribution in [0.15, 0.2) is 78.9 Å². The van der Waals surface area contributed by atoms with E-state index in [0.29, 0.717) is 18.7 Å². The molecule has 0 aliphatic carbocycles. The lowest BCUT2D eigenvalue weighted by Crippen LogP contribution is -2.22. The van der Waals surface area contributed by atoms with Crippen LogP contribution < -0.4 is 10.1 Å². The average Bonchev–Trinajstić information content (AvgIpc) is 2.73. The van der Waals surface area contributed by atoms with Crippen LogP contribution in [0, 0.1) is 0 Å². The first kappa shape index (κ1) is 19.6. The smallest absolute Gasteiger partial charge is 0.251 e. The summed E-state index contributed by atoms with van der Waals surface area (Å²) < 4.78 is 5.69. The van der Waals surface area contributed by atoms with Crippen LogP contribution in [-0.4, -0.2) is 38.1 Å². The molecule has 0 atom stereocenters. The normalized spacial score (nSPS) is 10.7. The molecule has 0 saturated heterocycles. The maximum Gasteiger partial charge on any atom is 0.251 e. The molecule has 3 aromatic carbocycles. The van der Waals surface area contributed by atoms with Crippen LogP contribution in [0.4, 0.5) is 0 Å². The molecule has 3 aromatic rings. The van der Waals surface area contributed by atoms with Gasteiger partial charge >= 0.3 is 0 Å². The van der Waals surface area contributed by atoms with Gasteiger partial charge in [0.05, 0.1) is 0 Å². The maximum absolute atomic E-state index is 12.4. The highest BCUT2D eigenvalue weighted by atomic mass is 16.5. The fourth-order valence-corrected chi connectivity index (χ4v) is 2.78. The Labute approximate surface area is 166 Å². The molecular weight excluding hydrogens is 348 g/mol. The molecule has 144 valence electrons. The molecule has 0 saturated carbocycles. The van der Waals surface area contributed by atoms with Gasteiger partial charge in [0.1, 0.15) is 12.4 Å². The molecule has 0 unspecified atom stereocenters. The van der Waals surface area contributed by atoms with Crippen molar-refractivity contribution in [2.75, 3.05) is 27.2 Å². The average molecular weight is 374 g/mol. The van der Waals surface area contributed by atoms with Gasteiger partial charge in [0.15, 0.2) is 0 Å². The number of nitrogens with one attached hydrogen (secondary N) is 1. The predicted octanol–water partition coefficient (Wildman–Crippen LogP) is 4.22. The molecule has 0 fully saturated rings. The fraction of sp³-hybridized carbons (Fsp3) is 0.208. The molecule has 0 bridgehead atoms. The Bertz CT molecular complexity index is 873. The largest absolute Gasteiger partial charge is 0.492 e. The standard InChI is InChI=1S/C24H26N2O2/c1-26(2)16-17-28-23-14-8-19(9-15-23)18-25-24(27)22-12-10-21(11-13-22)20-6-4-3-5-7-20/h3-15H,16-18H2,1-2H3,(H,25,27). The molecule has 3 rings (SSSR count). The van der Waals surface area contributed by atoms with E-state index in [1.54, 1.807) is 0 Å². The van der Waals surface area contributed by atoms with Crippen molar-refractivity contribution in [2.24, 2.45) is 0 Å². The van der Waals surface area contributed by atoms with Gasteiger partial charge < -0.3 is 15.0 Å². The molecule has 1 N–H and O–H groups in total. The summed E-state index contributed by atoms with van der Waals surface area (Å²) in [6.07, 6.45) is 0. The summed E-state index contributed by atoms with van der Waals surface area (Å²) >= 11 is 0. The van der Waals surface area contributed by atoms with Crippen LogP contribution in [0.5, 0.6) is 5.75 Å². The monoisotopic (exact) mass is 374 g/mol. The lowest BCUT2D eigenvalue weighted by Gasteiger charge is -2.11. The summed E-state index contributed by atoms with van der Waals surface area (Å²) in [7, 11) is 4.04. The molecule has 0 aliphatic rings. The molecule has 4 nitrogen and oxygen atoms in total. The van der Waals surface area contributed by atoms with Crippen molar-refractivity contribution in [1.29, 1.82) is 0 Å². The summed E-state index contributed by atoms with van der Waals surface area (Å²) in [5.74, 6) is 0.763. The van der Waals surface area contributed by atoms with Crippen molar-refractivity contribution < 1.29 is 9.53 Å². The van der Waals surface area contributed by atoms with Gasteiger partial charge in [0, 0.05) is 18.7 Å². The molecule has 28 heavy (non-hydrogen) atoms. The topological polar surface area (TPSA) is 41.6 Å². The molecule has 4 heteroatoms. The molecule has 0 spiro atoms. The minimum Gasteiger partial charge on any atom is -0.492 e. The van der Waals surface area contributed by atoms with Gasteiger partial charge in [-0.15, -0.1) is 0 Å². The van der Waals surface area contributed by atoms with Crippen molar-refractivity contribution >= 4 is 5.91 Å². The Morgan fingerprint density at radius 3 is 2.14 bits per heavy atom. The first-order valence-corrected chi connectivity index (χ1v) is 9.42. The second-order valence-corrected chi connectivity index (χ2v) is 6.92. The highest BCUT2D eigenvalue weighted by Gasteiger charge is 2.06. The zero-order valence-corrected chi connectivity index (χ0v) is 16.4. The maximum atomic E-state index is 12.4. The number of carbonyl (C=O) groups excluding carboxylic acids is 1. The lowest BCUT2D eigenvalue weighted by atomic mass is 10.0. The van der Waals surface area contributed by atoms with Gasteiger partial charge in [-0.05, 0) is 55.1 Å². The molecule has 0 radical (unpaired) electrons. The van der Waals surface area contributed by atoms with Gasteiger partial charge in [-0.2, -0.15) is 0 Å². The number of carbonyl (C=O) groups is 1. The van der Waals surface area contributed by atoms with Crippen LogP contribution in [0.2, 0.25) is 0 Å². The predicted molar refractivity (Wildman–Crippen MR) is 114 cm³/mol. The van der Waals surface area contributed by atoms with Gasteiger partial charge in [-0.1, -0.05) is 54.6 Å². The minimum atomic E-state index is -0.0779. The Hall–Kier alpha value is -3.11. The van der Waals surface area contributed by atoms with Crippen molar-refractivity contribution in [1.82, 2.24) is 10.2 Å². The molecule has 0 heterocycles. The van der Waals surface area contributed by atoms with E-state index in [2.05, 4.69) is 22.3 Å². The minimum absolute atomic E-state index is 0.0779. The third-order valence-corrected chi connectivity index (χ3v) is 4.44. The zero-order chi connectivity index (χ0) is 19.8. The van der Waals surface area contributed by atoms with Crippen molar-refractivity contribution in [2.45, 2.75) is 6.54 Å².